The van der Waals surface area contributed by atoms with E-state index in [1.807, 2.05) is 0 Å². The van der Waals surface area contributed by atoms with E-state index in [0.717, 1.165) is 32.0 Å². The zero-order valence-electron chi connectivity index (χ0n) is 10.2. The lowest BCUT2D eigenvalue weighted by Crippen LogP contribution is -2.43. The van der Waals surface area contributed by atoms with Crippen molar-refractivity contribution in [3.8, 4) is 5.75 Å². The van der Waals surface area contributed by atoms with Crippen LogP contribution in [0.1, 0.15) is 32.3 Å². The molecule has 0 radical (unpaired) electrons. The molecule has 0 atom stereocenters. The van der Waals surface area contributed by atoms with Crippen LogP contribution in [-0.2, 0) is 10.2 Å². The molecule has 88 valence electrons. The first-order chi connectivity index (χ1) is 7.74. The van der Waals surface area contributed by atoms with Crippen LogP contribution in [0, 0.1) is 0 Å². The Balaban J connectivity index is 1.94. The minimum absolute atomic E-state index is 0.224. The molecule has 0 N–H and O–H groups in total. The minimum atomic E-state index is 0.224. The van der Waals surface area contributed by atoms with Gasteiger partial charge in [-0.05, 0) is 24.1 Å². The van der Waals surface area contributed by atoms with E-state index in [1.165, 1.54) is 12.0 Å². The van der Waals surface area contributed by atoms with E-state index in [4.69, 9.17) is 9.47 Å². The summed E-state index contributed by atoms with van der Waals surface area (Å²) in [6, 6.07) is 8.44. The summed E-state index contributed by atoms with van der Waals surface area (Å²) >= 11 is 0. The van der Waals surface area contributed by atoms with Gasteiger partial charge in [-0.2, -0.15) is 0 Å². The van der Waals surface area contributed by atoms with E-state index >= 15 is 0 Å². The Bertz CT molecular complexity index is 325. The van der Waals surface area contributed by atoms with Crippen LogP contribution in [0.4, 0.5) is 0 Å². The maximum atomic E-state index is 5.63. The highest BCUT2D eigenvalue weighted by molar-refractivity contribution is 5.33. The van der Waals surface area contributed by atoms with Crippen molar-refractivity contribution in [2.75, 3.05) is 19.8 Å². The molecule has 1 heterocycles. The molecule has 0 spiro atoms. The van der Waals surface area contributed by atoms with E-state index in [1.54, 1.807) is 0 Å². The van der Waals surface area contributed by atoms with Gasteiger partial charge in [-0.25, -0.2) is 0 Å². The SMILES string of the molecule is CCCCOc1ccc(C2(C)COC2)cc1. The molecule has 0 aliphatic carbocycles. The van der Waals surface area contributed by atoms with Gasteiger partial charge in [0, 0.05) is 5.41 Å². The summed E-state index contributed by atoms with van der Waals surface area (Å²) in [4.78, 5) is 0. The van der Waals surface area contributed by atoms with E-state index in [-0.39, 0.29) is 5.41 Å². The number of benzene rings is 1. The fourth-order valence-corrected chi connectivity index (χ4v) is 1.86. The molecule has 0 saturated carbocycles. The lowest BCUT2D eigenvalue weighted by atomic mass is 9.81. The third kappa shape index (κ3) is 2.38. The molecule has 1 aromatic rings. The van der Waals surface area contributed by atoms with Gasteiger partial charge in [-0.3, -0.25) is 0 Å². The van der Waals surface area contributed by atoms with Crippen molar-refractivity contribution in [1.29, 1.82) is 0 Å². The number of hydrogen-bond donors (Lipinski definition) is 0. The first-order valence-corrected chi connectivity index (χ1v) is 6.06. The topological polar surface area (TPSA) is 18.5 Å². The summed E-state index contributed by atoms with van der Waals surface area (Å²) in [5.74, 6) is 0.973. The lowest BCUT2D eigenvalue weighted by molar-refractivity contribution is -0.0500. The standard InChI is InChI=1S/C14H20O2/c1-3-4-9-16-13-7-5-12(6-8-13)14(2)10-15-11-14/h5-8H,3-4,9-11H2,1-2H3. The fourth-order valence-electron chi connectivity index (χ4n) is 1.86. The molecule has 1 aliphatic heterocycles. The Morgan fingerprint density at radius 3 is 2.44 bits per heavy atom. The van der Waals surface area contributed by atoms with Gasteiger partial charge >= 0.3 is 0 Å². The second kappa shape index (κ2) is 4.88. The first kappa shape index (κ1) is 11.5. The third-order valence-corrected chi connectivity index (χ3v) is 3.16. The normalized spacial score (nSPS) is 17.9. The molecule has 16 heavy (non-hydrogen) atoms. The first-order valence-electron chi connectivity index (χ1n) is 6.06. The Morgan fingerprint density at radius 2 is 1.94 bits per heavy atom. The largest absolute Gasteiger partial charge is 0.494 e. The highest BCUT2D eigenvalue weighted by Crippen LogP contribution is 2.32. The molecule has 1 aliphatic rings. The van der Waals surface area contributed by atoms with Gasteiger partial charge in [0.05, 0.1) is 19.8 Å². The summed E-state index contributed by atoms with van der Waals surface area (Å²) in [5.41, 5.74) is 1.57. The molecule has 2 nitrogen and oxygen atoms in total. The zero-order chi connectivity index (χ0) is 11.4. The van der Waals surface area contributed by atoms with Crippen molar-refractivity contribution < 1.29 is 9.47 Å². The molecular weight excluding hydrogens is 200 g/mol. The van der Waals surface area contributed by atoms with Crippen molar-refractivity contribution in [2.24, 2.45) is 0 Å². The highest BCUT2D eigenvalue weighted by atomic mass is 16.5. The van der Waals surface area contributed by atoms with Crippen LogP contribution in [-0.4, -0.2) is 19.8 Å². The van der Waals surface area contributed by atoms with E-state index < -0.39 is 0 Å². The predicted molar refractivity (Wildman–Crippen MR) is 65.0 cm³/mol. The van der Waals surface area contributed by atoms with Crippen molar-refractivity contribution in [3.63, 3.8) is 0 Å². The Kier molecular flexibility index (Phi) is 3.49. The van der Waals surface area contributed by atoms with Crippen LogP contribution >= 0.6 is 0 Å². The number of rotatable bonds is 5. The van der Waals surface area contributed by atoms with Crippen LogP contribution in [0.15, 0.2) is 24.3 Å². The average molecular weight is 220 g/mol. The summed E-state index contributed by atoms with van der Waals surface area (Å²) in [5, 5.41) is 0. The smallest absolute Gasteiger partial charge is 0.119 e. The summed E-state index contributed by atoms with van der Waals surface area (Å²) in [6.07, 6.45) is 2.29. The second-order valence-electron chi connectivity index (χ2n) is 4.78. The van der Waals surface area contributed by atoms with Gasteiger partial charge in [0.25, 0.3) is 0 Å². The molecule has 2 heteroatoms. The molecule has 1 fully saturated rings. The highest BCUT2D eigenvalue weighted by Gasteiger charge is 2.34. The molecule has 0 bridgehead atoms. The van der Waals surface area contributed by atoms with Crippen LogP contribution in [0.25, 0.3) is 0 Å². The van der Waals surface area contributed by atoms with Crippen molar-refractivity contribution in [2.45, 2.75) is 32.1 Å². The molecule has 2 rings (SSSR count). The molecular formula is C14H20O2. The Labute approximate surface area is 97.6 Å². The predicted octanol–water partition coefficient (Wildman–Crippen LogP) is 3.15. The van der Waals surface area contributed by atoms with Crippen molar-refractivity contribution >= 4 is 0 Å². The van der Waals surface area contributed by atoms with E-state index in [2.05, 4.69) is 38.1 Å². The number of ether oxygens (including phenoxy) is 2. The summed E-state index contributed by atoms with van der Waals surface area (Å²) in [6.45, 7) is 6.90. The number of unbranched alkanes of at least 4 members (excludes halogenated alkanes) is 1. The van der Waals surface area contributed by atoms with Gasteiger partial charge in [-0.1, -0.05) is 32.4 Å². The maximum absolute atomic E-state index is 5.63. The quantitative estimate of drug-likeness (QED) is 0.710. The van der Waals surface area contributed by atoms with Crippen LogP contribution in [0.3, 0.4) is 0 Å². The van der Waals surface area contributed by atoms with Crippen molar-refractivity contribution in [3.05, 3.63) is 29.8 Å². The zero-order valence-corrected chi connectivity index (χ0v) is 10.2. The molecule has 0 amide bonds. The molecule has 1 saturated heterocycles. The average Bonchev–Trinajstić information content (AvgIpc) is 2.27. The van der Waals surface area contributed by atoms with Gasteiger partial charge < -0.3 is 9.47 Å². The van der Waals surface area contributed by atoms with E-state index in [9.17, 15) is 0 Å². The van der Waals surface area contributed by atoms with Crippen LogP contribution in [0.5, 0.6) is 5.75 Å². The van der Waals surface area contributed by atoms with Crippen molar-refractivity contribution in [1.82, 2.24) is 0 Å². The van der Waals surface area contributed by atoms with E-state index in [0.29, 0.717) is 0 Å². The van der Waals surface area contributed by atoms with Gasteiger partial charge in [0.15, 0.2) is 0 Å². The lowest BCUT2D eigenvalue weighted by Gasteiger charge is -2.38. The summed E-state index contributed by atoms with van der Waals surface area (Å²) in [7, 11) is 0. The Morgan fingerprint density at radius 1 is 1.25 bits per heavy atom. The summed E-state index contributed by atoms with van der Waals surface area (Å²) < 4.78 is 10.9. The van der Waals surface area contributed by atoms with Crippen LogP contribution < -0.4 is 4.74 Å². The maximum Gasteiger partial charge on any atom is 0.119 e. The van der Waals surface area contributed by atoms with Crippen LogP contribution in [0.2, 0.25) is 0 Å². The monoisotopic (exact) mass is 220 g/mol. The second-order valence-corrected chi connectivity index (χ2v) is 4.78. The number of hydrogen-bond acceptors (Lipinski definition) is 2. The molecule has 1 aromatic carbocycles. The minimum Gasteiger partial charge on any atom is -0.494 e. The molecule has 0 aromatic heterocycles. The third-order valence-electron chi connectivity index (χ3n) is 3.16. The van der Waals surface area contributed by atoms with Gasteiger partial charge in [0.1, 0.15) is 5.75 Å². The Hall–Kier alpha value is -1.02. The fraction of sp³-hybridized carbons (Fsp3) is 0.571. The molecule has 0 unspecified atom stereocenters. The van der Waals surface area contributed by atoms with Gasteiger partial charge in [-0.15, -0.1) is 0 Å². The van der Waals surface area contributed by atoms with Gasteiger partial charge in [0.2, 0.25) is 0 Å².